The molecule has 0 aromatic heterocycles. The average Bonchev–Trinajstić information content (AvgIpc) is 2.62. The van der Waals surface area contributed by atoms with Crippen molar-refractivity contribution in [1.29, 1.82) is 0 Å². The van der Waals surface area contributed by atoms with Crippen molar-refractivity contribution >= 4 is 17.6 Å². The highest BCUT2D eigenvalue weighted by molar-refractivity contribution is 5.91. The van der Waals surface area contributed by atoms with E-state index in [1.807, 2.05) is 24.3 Å². The summed E-state index contributed by atoms with van der Waals surface area (Å²) in [5.74, 6) is -0.444. The predicted octanol–water partition coefficient (Wildman–Crippen LogP) is 2.96. The van der Waals surface area contributed by atoms with Crippen molar-refractivity contribution in [2.45, 2.75) is 32.9 Å². The zero-order valence-corrected chi connectivity index (χ0v) is 15.0. The highest BCUT2D eigenvalue weighted by atomic mass is 16.5. The molecule has 0 aliphatic carbocycles. The number of rotatable bonds is 9. The molecule has 3 amide bonds. The molecular weight excluding hydrogens is 330 g/mol. The Labute approximate surface area is 153 Å². The van der Waals surface area contributed by atoms with Gasteiger partial charge in [0.1, 0.15) is 0 Å². The minimum Gasteiger partial charge on any atom is -0.377 e. The van der Waals surface area contributed by atoms with Crippen molar-refractivity contribution in [3.05, 3.63) is 65.2 Å². The zero-order chi connectivity index (χ0) is 18.8. The second-order valence-corrected chi connectivity index (χ2v) is 5.93. The fraction of sp³-hybridized carbons (Fsp3) is 0.300. The summed E-state index contributed by atoms with van der Waals surface area (Å²) >= 11 is 0. The lowest BCUT2D eigenvalue weighted by Crippen LogP contribution is -2.29. The summed E-state index contributed by atoms with van der Waals surface area (Å²) in [7, 11) is 0. The molecule has 0 spiro atoms. The van der Waals surface area contributed by atoms with Gasteiger partial charge in [-0.3, -0.25) is 4.79 Å². The molecular formula is C20H25N3O3. The minimum atomic E-state index is -0.444. The Morgan fingerprint density at radius 1 is 1.00 bits per heavy atom. The molecule has 0 saturated carbocycles. The highest BCUT2D eigenvalue weighted by Gasteiger charge is 2.09. The van der Waals surface area contributed by atoms with Gasteiger partial charge in [0, 0.05) is 18.8 Å². The lowest BCUT2D eigenvalue weighted by molar-refractivity contribution is -0.117. The van der Waals surface area contributed by atoms with Crippen molar-refractivity contribution in [1.82, 2.24) is 5.32 Å². The van der Waals surface area contributed by atoms with E-state index >= 15 is 0 Å². The number of hydrogen-bond acceptors (Lipinski definition) is 3. The van der Waals surface area contributed by atoms with Crippen molar-refractivity contribution in [3.8, 4) is 0 Å². The Hall–Kier alpha value is -2.86. The van der Waals surface area contributed by atoms with Crippen LogP contribution >= 0.6 is 0 Å². The standard InChI is InChI=1S/C20H25N3O3/c1-2-11-26-14-17-9-4-3-8-16(17)13-22-20(25)23-18-10-6-5-7-15(18)12-19(21)24/h3-10H,2,11-14H2,1H3,(H2,21,24)(H2,22,23,25). The van der Waals surface area contributed by atoms with E-state index < -0.39 is 5.91 Å². The van der Waals surface area contributed by atoms with E-state index in [0.717, 1.165) is 17.5 Å². The van der Waals surface area contributed by atoms with Gasteiger partial charge in [-0.15, -0.1) is 0 Å². The molecule has 2 aromatic carbocycles. The molecule has 0 saturated heterocycles. The Bertz CT molecular complexity index is 747. The van der Waals surface area contributed by atoms with Crippen LogP contribution in [0.5, 0.6) is 0 Å². The third-order valence-corrected chi connectivity index (χ3v) is 3.79. The Balaban J connectivity index is 1.95. The van der Waals surface area contributed by atoms with Crippen LogP contribution in [0.3, 0.4) is 0 Å². The summed E-state index contributed by atoms with van der Waals surface area (Å²) in [6.45, 7) is 3.68. The molecule has 138 valence electrons. The minimum absolute atomic E-state index is 0.0774. The normalized spacial score (nSPS) is 10.3. The molecule has 0 heterocycles. The summed E-state index contributed by atoms with van der Waals surface area (Å²) in [4.78, 5) is 23.4. The van der Waals surface area contributed by atoms with Gasteiger partial charge >= 0.3 is 6.03 Å². The smallest absolute Gasteiger partial charge is 0.319 e. The first-order chi connectivity index (χ1) is 12.6. The molecule has 0 bridgehead atoms. The molecule has 2 rings (SSSR count). The van der Waals surface area contributed by atoms with Gasteiger partial charge in [0.2, 0.25) is 5.91 Å². The van der Waals surface area contributed by atoms with Crippen LogP contribution in [-0.4, -0.2) is 18.5 Å². The number of ether oxygens (including phenoxy) is 1. The van der Waals surface area contributed by atoms with E-state index in [2.05, 4.69) is 17.6 Å². The van der Waals surface area contributed by atoms with Crippen molar-refractivity contribution in [2.75, 3.05) is 11.9 Å². The van der Waals surface area contributed by atoms with Gasteiger partial charge < -0.3 is 21.1 Å². The van der Waals surface area contributed by atoms with Gasteiger partial charge in [-0.05, 0) is 29.2 Å². The van der Waals surface area contributed by atoms with Crippen molar-refractivity contribution in [2.24, 2.45) is 5.73 Å². The van der Waals surface area contributed by atoms with Crippen molar-refractivity contribution < 1.29 is 14.3 Å². The van der Waals surface area contributed by atoms with Gasteiger partial charge in [-0.25, -0.2) is 4.79 Å². The first-order valence-electron chi connectivity index (χ1n) is 8.65. The van der Waals surface area contributed by atoms with Crippen LogP contribution in [0.15, 0.2) is 48.5 Å². The molecule has 2 aromatic rings. The SMILES string of the molecule is CCCOCc1ccccc1CNC(=O)Nc1ccccc1CC(N)=O. The topological polar surface area (TPSA) is 93.4 Å². The van der Waals surface area contributed by atoms with Crippen molar-refractivity contribution in [3.63, 3.8) is 0 Å². The largest absolute Gasteiger partial charge is 0.377 e. The maximum absolute atomic E-state index is 12.2. The Kier molecular flexibility index (Phi) is 7.64. The quantitative estimate of drug-likeness (QED) is 0.604. The van der Waals surface area contributed by atoms with Crippen LogP contribution < -0.4 is 16.4 Å². The number of para-hydroxylation sites is 1. The number of hydrogen-bond donors (Lipinski definition) is 3. The molecule has 0 unspecified atom stereocenters. The fourth-order valence-electron chi connectivity index (χ4n) is 2.52. The second kappa shape index (κ2) is 10.2. The Morgan fingerprint density at radius 2 is 1.65 bits per heavy atom. The van der Waals surface area contributed by atoms with Gasteiger partial charge in [-0.2, -0.15) is 0 Å². The number of nitrogens with one attached hydrogen (secondary N) is 2. The molecule has 4 N–H and O–H groups in total. The molecule has 0 atom stereocenters. The number of carbonyl (C=O) groups excluding carboxylic acids is 2. The number of primary amides is 1. The van der Waals surface area contributed by atoms with E-state index in [1.165, 1.54) is 0 Å². The van der Waals surface area contributed by atoms with Crippen LogP contribution in [0.25, 0.3) is 0 Å². The van der Waals surface area contributed by atoms with Gasteiger partial charge in [0.25, 0.3) is 0 Å². The number of carbonyl (C=O) groups is 2. The molecule has 6 heteroatoms. The number of urea groups is 1. The van der Waals surface area contributed by atoms with Crippen LogP contribution in [0.4, 0.5) is 10.5 Å². The molecule has 26 heavy (non-hydrogen) atoms. The van der Waals surface area contributed by atoms with E-state index in [4.69, 9.17) is 10.5 Å². The highest BCUT2D eigenvalue weighted by Crippen LogP contribution is 2.15. The number of amides is 3. The number of benzene rings is 2. The third-order valence-electron chi connectivity index (χ3n) is 3.79. The second-order valence-electron chi connectivity index (χ2n) is 5.93. The maximum Gasteiger partial charge on any atom is 0.319 e. The van der Waals surface area contributed by atoms with E-state index in [0.29, 0.717) is 31.0 Å². The third kappa shape index (κ3) is 6.22. The maximum atomic E-state index is 12.2. The number of nitrogens with two attached hydrogens (primary N) is 1. The molecule has 6 nitrogen and oxygen atoms in total. The van der Waals surface area contributed by atoms with Gasteiger partial charge in [0.05, 0.1) is 13.0 Å². The summed E-state index contributed by atoms with van der Waals surface area (Å²) in [6.07, 6.45) is 1.04. The Morgan fingerprint density at radius 3 is 2.35 bits per heavy atom. The van der Waals surface area contributed by atoms with Gasteiger partial charge in [0.15, 0.2) is 0 Å². The van der Waals surface area contributed by atoms with E-state index in [9.17, 15) is 9.59 Å². The van der Waals surface area contributed by atoms with Crippen LogP contribution in [0, 0.1) is 0 Å². The zero-order valence-electron chi connectivity index (χ0n) is 15.0. The van der Waals surface area contributed by atoms with Crippen LogP contribution in [0.1, 0.15) is 30.0 Å². The van der Waals surface area contributed by atoms with E-state index in [1.54, 1.807) is 24.3 Å². The number of anilines is 1. The molecule has 0 aliphatic rings. The molecule has 0 fully saturated rings. The summed E-state index contributed by atoms with van der Waals surface area (Å²) in [6, 6.07) is 14.6. The molecule has 0 radical (unpaired) electrons. The fourth-order valence-corrected chi connectivity index (χ4v) is 2.52. The van der Waals surface area contributed by atoms with E-state index in [-0.39, 0.29) is 12.5 Å². The van der Waals surface area contributed by atoms with Crippen LogP contribution in [-0.2, 0) is 29.1 Å². The average molecular weight is 355 g/mol. The first kappa shape index (κ1) is 19.5. The summed E-state index contributed by atoms with van der Waals surface area (Å²) in [5, 5.41) is 5.61. The first-order valence-corrected chi connectivity index (χ1v) is 8.65. The lowest BCUT2D eigenvalue weighted by Gasteiger charge is -2.13. The monoisotopic (exact) mass is 355 g/mol. The van der Waals surface area contributed by atoms with Crippen LogP contribution in [0.2, 0.25) is 0 Å². The predicted molar refractivity (Wildman–Crippen MR) is 102 cm³/mol. The summed E-state index contributed by atoms with van der Waals surface area (Å²) < 4.78 is 5.59. The lowest BCUT2D eigenvalue weighted by atomic mass is 10.1. The summed E-state index contributed by atoms with van der Waals surface area (Å²) in [5.41, 5.74) is 8.56. The van der Waals surface area contributed by atoms with Gasteiger partial charge in [-0.1, -0.05) is 49.4 Å². The molecule has 0 aliphatic heterocycles.